The number of rotatable bonds is 7. The average molecular weight is 527 g/mol. The fourth-order valence-electron chi connectivity index (χ4n) is 4.57. The molecule has 7 heteroatoms. The van der Waals surface area contributed by atoms with E-state index in [9.17, 15) is 18.2 Å². The van der Waals surface area contributed by atoms with Gasteiger partial charge in [-0.2, -0.15) is 0 Å². The number of benzene rings is 4. The van der Waals surface area contributed by atoms with Crippen LogP contribution >= 0.6 is 0 Å². The van der Waals surface area contributed by atoms with E-state index in [1.165, 1.54) is 16.5 Å². The molecule has 0 bridgehead atoms. The maximum Gasteiger partial charge on any atom is 0.259 e. The summed E-state index contributed by atoms with van der Waals surface area (Å²) in [4.78, 5) is 29.1. The summed E-state index contributed by atoms with van der Waals surface area (Å²) in [7, 11) is -1.66. The highest BCUT2D eigenvalue weighted by Crippen LogP contribution is 2.36. The molecule has 0 saturated carbocycles. The van der Waals surface area contributed by atoms with Crippen LogP contribution in [0.15, 0.2) is 107 Å². The number of nitrogens with one attached hydrogen (secondary N) is 1. The van der Waals surface area contributed by atoms with Crippen molar-refractivity contribution in [1.29, 1.82) is 0 Å². The van der Waals surface area contributed by atoms with Gasteiger partial charge in [-0.25, -0.2) is 8.60 Å². The van der Waals surface area contributed by atoms with E-state index in [4.69, 9.17) is 0 Å². The molecule has 0 saturated heterocycles. The second-order valence-corrected chi connectivity index (χ2v) is 10.7. The molecular formula is C31H27FN2O3S. The van der Waals surface area contributed by atoms with E-state index in [2.05, 4.69) is 17.4 Å². The minimum atomic E-state index is -1.66. The number of nitrogens with zero attached hydrogens (tertiary/aromatic N) is 1. The van der Waals surface area contributed by atoms with E-state index in [-0.39, 0.29) is 18.5 Å². The highest BCUT2D eigenvalue weighted by molar-refractivity contribution is 7.85. The molecule has 0 spiro atoms. The minimum Gasteiger partial charge on any atom is -0.350 e. The van der Waals surface area contributed by atoms with Crippen molar-refractivity contribution in [2.45, 2.75) is 42.1 Å². The number of anilines is 1. The molecule has 1 heterocycles. The minimum absolute atomic E-state index is 0.0669. The van der Waals surface area contributed by atoms with Crippen LogP contribution in [0.5, 0.6) is 0 Å². The molecule has 192 valence electrons. The molecule has 2 atom stereocenters. The van der Waals surface area contributed by atoms with Crippen molar-refractivity contribution in [2.75, 3.05) is 4.90 Å². The van der Waals surface area contributed by atoms with Gasteiger partial charge in [0.15, 0.2) is 0 Å². The van der Waals surface area contributed by atoms with Crippen LogP contribution in [0.25, 0.3) is 0 Å². The first-order valence-corrected chi connectivity index (χ1v) is 13.6. The van der Waals surface area contributed by atoms with Crippen LogP contribution in [0.3, 0.4) is 0 Å². The fourth-order valence-corrected chi connectivity index (χ4v) is 5.91. The molecule has 4 aromatic carbocycles. The molecule has 0 aliphatic carbocycles. The van der Waals surface area contributed by atoms with Crippen molar-refractivity contribution >= 4 is 28.3 Å². The lowest BCUT2D eigenvalue weighted by atomic mass is 10.1. The van der Waals surface area contributed by atoms with Crippen molar-refractivity contribution in [2.24, 2.45) is 0 Å². The van der Waals surface area contributed by atoms with Gasteiger partial charge in [0.1, 0.15) is 5.82 Å². The van der Waals surface area contributed by atoms with Crippen molar-refractivity contribution in [1.82, 2.24) is 5.32 Å². The van der Waals surface area contributed by atoms with Gasteiger partial charge in [0.2, 0.25) is 0 Å². The number of hydrogen-bond donors (Lipinski definition) is 1. The Bertz CT molecular complexity index is 1520. The number of fused-ring (bicyclic) bond motifs is 2. The maximum atomic E-state index is 14.6. The molecule has 0 aromatic heterocycles. The van der Waals surface area contributed by atoms with Crippen LogP contribution in [0, 0.1) is 5.82 Å². The molecule has 0 radical (unpaired) electrons. The standard InChI is InChI=1S/C31H27FN2O3S/c1-21(15-16-22-9-3-2-4-10-22)33-30(35)23-17-18-29-27(19-23)34(20-24-11-5-7-13-26(24)32)31(36)25-12-6-8-14-28(25)38(29)37/h2-14,17-19,21H,15-16,20H2,1H3,(H,33,35)/t21-,38-/m0/s1. The topological polar surface area (TPSA) is 66.5 Å². The highest BCUT2D eigenvalue weighted by Gasteiger charge is 2.32. The zero-order chi connectivity index (χ0) is 26.6. The summed E-state index contributed by atoms with van der Waals surface area (Å²) >= 11 is 0. The Hall–Kier alpha value is -4.10. The first kappa shape index (κ1) is 25.5. The molecule has 4 aromatic rings. The Labute approximate surface area is 223 Å². The van der Waals surface area contributed by atoms with Crippen LogP contribution in [0.4, 0.5) is 10.1 Å². The second-order valence-electron chi connectivity index (χ2n) is 9.33. The summed E-state index contributed by atoms with van der Waals surface area (Å²) in [5.74, 6) is -1.13. The van der Waals surface area contributed by atoms with Crippen LogP contribution in [-0.2, 0) is 23.8 Å². The number of aryl methyl sites for hydroxylation is 1. The molecule has 38 heavy (non-hydrogen) atoms. The third-order valence-corrected chi connectivity index (χ3v) is 8.15. The molecule has 1 aliphatic rings. The van der Waals surface area contributed by atoms with Crippen molar-refractivity contribution in [3.8, 4) is 0 Å². The van der Waals surface area contributed by atoms with E-state index >= 15 is 0 Å². The molecule has 1 N–H and O–H groups in total. The van der Waals surface area contributed by atoms with E-state index in [0.29, 0.717) is 32.2 Å². The van der Waals surface area contributed by atoms with Crippen LogP contribution < -0.4 is 10.2 Å². The van der Waals surface area contributed by atoms with Crippen LogP contribution in [-0.4, -0.2) is 22.1 Å². The number of amides is 2. The molecule has 2 amide bonds. The van der Waals surface area contributed by atoms with Crippen LogP contribution in [0.2, 0.25) is 0 Å². The van der Waals surface area contributed by atoms with Crippen LogP contribution in [0.1, 0.15) is 45.2 Å². The van der Waals surface area contributed by atoms with Gasteiger partial charge < -0.3 is 10.2 Å². The zero-order valence-electron chi connectivity index (χ0n) is 20.9. The Morgan fingerprint density at radius 3 is 2.42 bits per heavy atom. The number of carbonyl (C=O) groups excluding carboxylic acids is 2. The van der Waals surface area contributed by atoms with Gasteiger partial charge in [0, 0.05) is 17.2 Å². The van der Waals surface area contributed by atoms with E-state index in [0.717, 1.165) is 12.8 Å². The summed E-state index contributed by atoms with van der Waals surface area (Å²) in [6, 6.07) is 27.8. The second kappa shape index (κ2) is 11.1. The molecular weight excluding hydrogens is 499 g/mol. The summed E-state index contributed by atoms with van der Waals surface area (Å²) in [6.07, 6.45) is 1.59. The van der Waals surface area contributed by atoms with Crippen molar-refractivity contribution in [3.05, 3.63) is 125 Å². The Balaban J connectivity index is 1.46. The molecule has 5 rings (SSSR count). The summed E-state index contributed by atoms with van der Waals surface area (Å²) < 4.78 is 28.2. The van der Waals surface area contributed by atoms with Crippen molar-refractivity contribution in [3.63, 3.8) is 0 Å². The van der Waals surface area contributed by atoms with E-state index in [1.54, 1.807) is 60.7 Å². The Morgan fingerprint density at radius 1 is 0.921 bits per heavy atom. The first-order valence-electron chi connectivity index (χ1n) is 12.5. The van der Waals surface area contributed by atoms with Gasteiger partial charge in [-0.05, 0) is 61.7 Å². The molecule has 1 aliphatic heterocycles. The lowest BCUT2D eigenvalue weighted by Gasteiger charge is -2.24. The Morgan fingerprint density at radius 2 is 1.63 bits per heavy atom. The highest BCUT2D eigenvalue weighted by atomic mass is 32.2. The van der Waals surface area contributed by atoms with E-state index < -0.39 is 22.5 Å². The van der Waals surface area contributed by atoms with Gasteiger partial charge in [0.25, 0.3) is 11.8 Å². The SMILES string of the molecule is C[C@@H](CCc1ccccc1)NC(=O)c1ccc2c(c1)N(Cc1ccccc1F)C(=O)c1ccccc1[S@@]2=O. The maximum absolute atomic E-state index is 14.6. The predicted molar refractivity (Wildman–Crippen MR) is 146 cm³/mol. The van der Waals surface area contributed by atoms with Gasteiger partial charge in [-0.1, -0.05) is 60.7 Å². The quantitative estimate of drug-likeness (QED) is 0.326. The smallest absolute Gasteiger partial charge is 0.259 e. The van der Waals surface area contributed by atoms with Gasteiger partial charge in [0.05, 0.1) is 38.4 Å². The van der Waals surface area contributed by atoms with Gasteiger partial charge >= 0.3 is 0 Å². The number of halogens is 1. The predicted octanol–water partition coefficient (Wildman–Crippen LogP) is 5.90. The molecule has 0 unspecified atom stereocenters. The zero-order valence-corrected chi connectivity index (χ0v) is 21.7. The lowest BCUT2D eigenvalue weighted by molar-refractivity contribution is 0.0935. The number of hydrogen-bond acceptors (Lipinski definition) is 3. The normalized spacial score (nSPS) is 15.3. The number of carbonyl (C=O) groups is 2. The fraction of sp³-hybridized carbons (Fsp3) is 0.161. The molecule has 5 nitrogen and oxygen atoms in total. The third kappa shape index (κ3) is 5.29. The van der Waals surface area contributed by atoms with Gasteiger partial charge in [-0.3, -0.25) is 9.59 Å². The van der Waals surface area contributed by atoms with Gasteiger partial charge in [-0.15, -0.1) is 0 Å². The van der Waals surface area contributed by atoms with Crippen molar-refractivity contribution < 1.29 is 18.2 Å². The third-order valence-electron chi connectivity index (χ3n) is 6.65. The first-order chi connectivity index (χ1) is 18.4. The lowest BCUT2D eigenvalue weighted by Crippen LogP contribution is -2.34. The molecule has 0 fully saturated rings. The summed E-state index contributed by atoms with van der Waals surface area (Å²) in [5, 5.41) is 3.02. The summed E-state index contributed by atoms with van der Waals surface area (Å²) in [5.41, 5.74) is 2.48. The summed E-state index contributed by atoms with van der Waals surface area (Å²) in [6.45, 7) is 1.88. The Kier molecular flexibility index (Phi) is 7.47. The monoisotopic (exact) mass is 526 g/mol. The average Bonchev–Trinajstić information content (AvgIpc) is 3.03. The van der Waals surface area contributed by atoms with E-state index in [1.807, 2.05) is 25.1 Å². The largest absolute Gasteiger partial charge is 0.350 e.